The molecule has 4 heteroatoms. The fraction of sp³-hybridized carbons (Fsp3) is 0.188. The molecule has 0 aliphatic rings. The Morgan fingerprint density at radius 3 is 2.50 bits per heavy atom. The third-order valence-electron chi connectivity index (χ3n) is 2.73. The molecule has 0 saturated carbocycles. The third-order valence-corrected chi connectivity index (χ3v) is 3.06. The van der Waals surface area contributed by atoms with Crippen molar-refractivity contribution in [2.45, 2.75) is 14.4 Å². The first kappa shape index (κ1) is 16.1. The molecule has 2 aromatic rings. The van der Waals surface area contributed by atoms with Gasteiger partial charge in [-0.15, -0.1) is 0 Å². The molecule has 0 atom stereocenters. The first-order valence-corrected chi connectivity index (χ1v) is 6.20. The van der Waals surface area contributed by atoms with E-state index in [0.717, 1.165) is 11.4 Å². The summed E-state index contributed by atoms with van der Waals surface area (Å²) in [6, 6.07) is 12.8. The number of carbonyl (C=O) groups excluding carboxylic acids is 1. The summed E-state index contributed by atoms with van der Waals surface area (Å²) in [5, 5.41) is 3.83. The highest BCUT2D eigenvalue weighted by atomic mass is 35.5. The van der Waals surface area contributed by atoms with E-state index in [0.29, 0.717) is 16.3 Å². The summed E-state index contributed by atoms with van der Waals surface area (Å²) in [4.78, 5) is 11.4. The van der Waals surface area contributed by atoms with E-state index in [2.05, 4.69) is 5.32 Å². The van der Waals surface area contributed by atoms with Crippen molar-refractivity contribution < 1.29 is 9.53 Å². The van der Waals surface area contributed by atoms with Gasteiger partial charge in [-0.1, -0.05) is 31.2 Å². The molecule has 0 amide bonds. The van der Waals surface area contributed by atoms with Gasteiger partial charge in [0.25, 0.3) is 0 Å². The number of Topliss-reactive ketones (excluding diaryl/α,β-unsaturated/α-hetero) is 1. The number of benzene rings is 2. The minimum absolute atomic E-state index is 0. The highest BCUT2D eigenvalue weighted by Crippen LogP contribution is 2.28. The number of hydrogen-bond acceptors (Lipinski definition) is 3. The second-order valence-electron chi connectivity index (χ2n) is 4.08. The highest BCUT2D eigenvalue weighted by molar-refractivity contribution is 6.33. The summed E-state index contributed by atoms with van der Waals surface area (Å²) in [5.74, 6) is 0.519. The maximum absolute atomic E-state index is 11.4. The fourth-order valence-electron chi connectivity index (χ4n) is 1.78. The van der Waals surface area contributed by atoms with Gasteiger partial charge in [0.15, 0.2) is 5.78 Å². The molecule has 20 heavy (non-hydrogen) atoms. The van der Waals surface area contributed by atoms with Crippen molar-refractivity contribution in [3.63, 3.8) is 0 Å². The smallest absolute Gasteiger partial charge is 0.163 e. The maximum atomic E-state index is 11.4. The Hall–Kier alpha value is -2.00. The molecule has 0 bridgehead atoms. The van der Waals surface area contributed by atoms with Crippen LogP contribution in [0.15, 0.2) is 42.5 Å². The van der Waals surface area contributed by atoms with Gasteiger partial charge in [-0.25, -0.2) is 0 Å². The zero-order chi connectivity index (χ0) is 13.8. The molecule has 2 rings (SSSR count). The van der Waals surface area contributed by atoms with Crippen molar-refractivity contribution in [3.8, 4) is 5.75 Å². The second-order valence-corrected chi connectivity index (χ2v) is 4.48. The van der Waals surface area contributed by atoms with Crippen LogP contribution in [0.1, 0.15) is 24.7 Å². The average Bonchev–Trinajstić information content (AvgIpc) is 2.41. The normalized spacial score (nSPS) is 9.55. The van der Waals surface area contributed by atoms with E-state index in [4.69, 9.17) is 16.3 Å². The summed E-state index contributed by atoms with van der Waals surface area (Å²) < 4.78 is 5.22. The molecule has 0 radical (unpaired) electrons. The van der Waals surface area contributed by atoms with Gasteiger partial charge in [0.1, 0.15) is 5.75 Å². The predicted octanol–water partition coefficient (Wildman–Crippen LogP) is 4.93. The van der Waals surface area contributed by atoms with Crippen LogP contribution in [0.4, 0.5) is 11.4 Å². The molecular weight excluding hydrogens is 274 g/mol. The molecule has 0 aromatic heterocycles. The molecule has 0 heterocycles. The van der Waals surface area contributed by atoms with Crippen molar-refractivity contribution in [3.05, 3.63) is 53.1 Å². The Labute approximate surface area is 124 Å². The summed E-state index contributed by atoms with van der Waals surface area (Å²) in [6.07, 6.45) is 0. The topological polar surface area (TPSA) is 38.3 Å². The average molecular weight is 292 g/mol. The molecule has 0 aliphatic carbocycles. The summed E-state index contributed by atoms with van der Waals surface area (Å²) in [6.45, 7) is 1.51. The number of carbonyl (C=O) groups is 1. The first-order valence-electron chi connectivity index (χ1n) is 5.82. The largest absolute Gasteiger partial charge is 0.496 e. The number of methoxy groups -OCH3 is 1. The number of nitrogens with one attached hydrogen (secondary N) is 1. The minimum Gasteiger partial charge on any atom is -0.496 e. The van der Waals surface area contributed by atoms with Gasteiger partial charge in [0.05, 0.1) is 23.4 Å². The quantitative estimate of drug-likeness (QED) is 0.812. The highest BCUT2D eigenvalue weighted by Gasteiger charge is 2.09. The van der Waals surface area contributed by atoms with E-state index in [1.165, 1.54) is 6.92 Å². The first-order chi connectivity index (χ1) is 9.11. The van der Waals surface area contributed by atoms with E-state index in [1.807, 2.05) is 30.3 Å². The lowest BCUT2D eigenvalue weighted by Gasteiger charge is -2.11. The number of halogens is 1. The molecular formula is C16H18ClNO2. The summed E-state index contributed by atoms with van der Waals surface area (Å²) >= 11 is 6.08. The predicted molar refractivity (Wildman–Crippen MR) is 84.5 cm³/mol. The molecule has 0 spiro atoms. The van der Waals surface area contributed by atoms with Crippen molar-refractivity contribution in [1.29, 1.82) is 0 Å². The van der Waals surface area contributed by atoms with Crippen molar-refractivity contribution >= 4 is 28.8 Å². The number of ketones is 1. The van der Waals surface area contributed by atoms with Crippen LogP contribution in [0, 0.1) is 0 Å². The Morgan fingerprint density at radius 1 is 1.20 bits per heavy atom. The Balaban J connectivity index is 0.00000200. The number of rotatable bonds is 4. The van der Waals surface area contributed by atoms with E-state index >= 15 is 0 Å². The SMILES string of the molecule is C.COc1cc(Nc2ccccc2Cl)ccc1C(C)=O. The standard InChI is InChI=1S/C15H14ClNO2.CH4/c1-10(18)12-8-7-11(9-15(12)19-2)17-14-6-4-3-5-13(14)16;/h3-9,17H,1-2H3;1H4. The van der Waals surface area contributed by atoms with Gasteiger partial charge in [-0.05, 0) is 31.2 Å². The molecule has 2 aromatic carbocycles. The number of ether oxygens (including phenoxy) is 1. The van der Waals surface area contributed by atoms with Crippen LogP contribution in [0.25, 0.3) is 0 Å². The molecule has 0 aliphatic heterocycles. The molecule has 0 saturated heterocycles. The third kappa shape index (κ3) is 3.52. The number of anilines is 2. The van der Waals surface area contributed by atoms with Crippen LogP contribution in [0.2, 0.25) is 5.02 Å². The van der Waals surface area contributed by atoms with Crippen molar-refractivity contribution in [2.75, 3.05) is 12.4 Å². The van der Waals surface area contributed by atoms with Crippen LogP contribution < -0.4 is 10.1 Å². The molecule has 106 valence electrons. The fourth-order valence-corrected chi connectivity index (χ4v) is 1.96. The van der Waals surface area contributed by atoms with Crippen LogP contribution >= 0.6 is 11.6 Å². The van der Waals surface area contributed by atoms with Crippen LogP contribution in [0.5, 0.6) is 5.75 Å². The lowest BCUT2D eigenvalue weighted by Crippen LogP contribution is -1.99. The van der Waals surface area contributed by atoms with Crippen LogP contribution in [-0.2, 0) is 0 Å². The van der Waals surface area contributed by atoms with Crippen molar-refractivity contribution in [1.82, 2.24) is 0 Å². The number of para-hydroxylation sites is 1. The molecule has 3 nitrogen and oxygen atoms in total. The number of hydrogen-bond donors (Lipinski definition) is 1. The summed E-state index contributed by atoms with van der Waals surface area (Å²) in [5.41, 5.74) is 2.18. The lowest BCUT2D eigenvalue weighted by molar-refractivity contribution is 0.101. The zero-order valence-electron chi connectivity index (χ0n) is 10.7. The second kappa shape index (κ2) is 6.96. The molecule has 0 fully saturated rings. The van der Waals surface area contributed by atoms with Gasteiger partial charge in [-0.2, -0.15) is 0 Å². The Kier molecular flexibility index (Phi) is 5.59. The van der Waals surface area contributed by atoms with Crippen LogP contribution in [0.3, 0.4) is 0 Å². The van der Waals surface area contributed by atoms with Gasteiger partial charge < -0.3 is 10.1 Å². The van der Waals surface area contributed by atoms with Crippen LogP contribution in [-0.4, -0.2) is 12.9 Å². The minimum atomic E-state index is -0.0267. The molecule has 0 unspecified atom stereocenters. The monoisotopic (exact) mass is 291 g/mol. The maximum Gasteiger partial charge on any atom is 0.163 e. The molecule has 1 N–H and O–H groups in total. The van der Waals surface area contributed by atoms with Gasteiger partial charge >= 0.3 is 0 Å². The van der Waals surface area contributed by atoms with Gasteiger partial charge in [0, 0.05) is 11.8 Å². The van der Waals surface area contributed by atoms with E-state index in [1.54, 1.807) is 19.2 Å². The van der Waals surface area contributed by atoms with Gasteiger partial charge in [-0.3, -0.25) is 4.79 Å². The zero-order valence-corrected chi connectivity index (χ0v) is 11.5. The van der Waals surface area contributed by atoms with E-state index in [-0.39, 0.29) is 13.2 Å². The lowest BCUT2D eigenvalue weighted by atomic mass is 10.1. The Morgan fingerprint density at radius 2 is 1.90 bits per heavy atom. The van der Waals surface area contributed by atoms with E-state index < -0.39 is 0 Å². The van der Waals surface area contributed by atoms with E-state index in [9.17, 15) is 4.79 Å². The Bertz CT molecular complexity index is 611. The van der Waals surface area contributed by atoms with Crippen molar-refractivity contribution in [2.24, 2.45) is 0 Å². The summed E-state index contributed by atoms with van der Waals surface area (Å²) in [7, 11) is 1.54. The van der Waals surface area contributed by atoms with Gasteiger partial charge in [0.2, 0.25) is 0 Å².